The zero-order valence-corrected chi connectivity index (χ0v) is 15.2. The van der Waals surface area contributed by atoms with Gasteiger partial charge in [-0.3, -0.25) is 14.6 Å². The average molecular weight is 357 g/mol. The standard InChI is InChI=1S/C19H23N3O4/c1-14(23)22(13-15-6-4-5-10-20-15)11-9-19(24)21-17-12-16(25-2)7-8-18(17)26-3/h4-8,10,12H,9,11,13H2,1-3H3,(H,21,24). The van der Waals surface area contributed by atoms with Crippen molar-refractivity contribution < 1.29 is 19.1 Å². The highest BCUT2D eigenvalue weighted by Gasteiger charge is 2.14. The Balaban J connectivity index is 1.97. The molecule has 0 unspecified atom stereocenters. The first-order valence-corrected chi connectivity index (χ1v) is 8.20. The highest BCUT2D eigenvalue weighted by molar-refractivity contribution is 5.92. The van der Waals surface area contributed by atoms with E-state index in [2.05, 4.69) is 10.3 Å². The Labute approximate surface area is 152 Å². The van der Waals surface area contributed by atoms with Crippen LogP contribution in [0.25, 0.3) is 0 Å². The number of anilines is 1. The molecule has 1 heterocycles. The van der Waals surface area contributed by atoms with Crippen LogP contribution in [0.1, 0.15) is 19.0 Å². The Morgan fingerprint density at radius 1 is 1.15 bits per heavy atom. The maximum Gasteiger partial charge on any atom is 0.226 e. The van der Waals surface area contributed by atoms with Gasteiger partial charge in [-0.1, -0.05) is 6.07 Å². The van der Waals surface area contributed by atoms with Crippen molar-refractivity contribution in [1.82, 2.24) is 9.88 Å². The van der Waals surface area contributed by atoms with Gasteiger partial charge in [0.1, 0.15) is 11.5 Å². The van der Waals surface area contributed by atoms with E-state index in [4.69, 9.17) is 9.47 Å². The molecule has 2 amide bonds. The monoisotopic (exact) mass is 357 g/mol. The molecule has 0 radical (unpaired) electrons. The molecule has 0 bridgehead atoms. The largest absolute Gasteiger partial charge is 0.497 e. The number of nitrogens with zero attached hydrogens (tertiary/aromatic N) is 2. The molecule has 7 heteroatoms. The van der Waals surface area contributed by atoms with Crippen molar-refractivity contribution in [1.29, 1.82) is 0 Å². The summed E-state index contributed by atoms with van der Waals surface area (Å²) in [5, 5.41) is 2.80. The molecule has 0 saturated carbocycles. The van der Waals surface area contributed by atoms with Crippen molar-refractivity contribution in [3.63, 3.8) is 0 Å². The van der Waals surface area contributed by atoms with Crippen molar-refractivity contribution >= 4 is 17.5 Å². The zero-order valence-electron chi connectivity index (χ0n) is 15.2. The van der Waals surface area contributed by atoms with Gasteiger partial charge < -0.3 is 19.7 Å². The van der Waals surface area contributed by atoms with E-state index in [0.29, 0.717) is 30.3 Å². The van der Waals surface area contributed by atoms with Gasteiger partial charge in [0.25, 0.3) is 0 Å². The van der Waals surface area contributed by atoms with Gasteiger partial charge in [-0.2, -0.15) is 0 Å². The quantitative estimate of drug-likeness (QED) is 0.785. The van der Waals surface area contributed by atoms with Crippen LogP contribution in [0.4, 0.5) is 5.69 Å². The molecule has 0 spiro atoms. The summed E-state index contributed by atoms with van der Waals surface area (Å²) >= 11 is 0. The third kappa shape index (κ3) is 5.47. The smallest absolute Gasteiger partial charge is 0.226 e. The van der Waals surface area contributed by atoms with E-state index in [1.807, 2.05) is 18.2 Å². The van der Waals surface area contributed by atoms with Gasteiger partial charge in [0.15, 0.2) is 0 Å². The number of pyridine rings is 1. The fraction of sp³-hybridized carbons (Fsp3) is 0.316. The molecule has 0 aliphatic rings. The van der Waals surface area contributed by atoms with Gasteiger partial charge in [-0.25, -0.2) is 0 Å². The molecule has 26 heavy (non-hydrogen) atoms. The van der Waals surface area contributed by atoms with Crippen LogP contribution in [0.5, 0.6) is 11.5 Å². The van der Waals surface area contributed by atoms with Gasteiger partial charge in [-0.15, -0.1) is 0 Å². The molecule has 1 aromatic heterocycles. The number of hydrogen-bond acceptors (Lipinski definition) is 5. The number of nitrogens with one attached hydrogen (secondary N) is 1. The van der Waals surface area contributed by atoms with E-state index in [1.165, 1.54) is 14.0 Å². The highest BCUT2D eigenvalue weighted by atomic mass is 16.5. The number of carbonyl (C=O) groups excluding carboxylic acids is 2. The Kier molecular flexibility index (Phi) is 6.96. The third-order valence-corrected chi connectivity index (χ3v) is 3.81. The van der Waals surface area contributed by atoms with Crippen LogP contribution < -0.4 is 14.8 Å². The van der Waals surface area contributed by atoms with Gasteiger partial charge in [-0.05, 0) is 24.3 Å². The lowest BCUT2D eigenvalue weighted by Crippen LogP contribution is -2.31. The van der Waals surface area contributed by atoms with Gasteiger partial charge >= 0.3 is 0 Å². The summed E-state index contributed by atoms with van der Waals surface area (Å²) in [5.74, 6) is 0.823. The lowest BCUT2D eigenvalue weighted by molar-refractivity contribution is -0.130. The van der Waals surface area contributed by atoms with Crippen molar-refractivity contribution in [3.05, 3.63) is 48.3 Å². The average Bonchev–Trinajstić information content (AvgIpc) is 2.65. The first kappa shape index (κ1) is 19.2. The van der Waals surface area contributed by atoms with E-state index in [-0.39, 0.29) is 18.2 Å². The number of amides is 2. The first-order chi connectivity index (χ1) is 12.5. The Bertz CT molecular complexity index is 750. The molecular formula is C19H23N3O4. The van der Waals surface area contributed by atoms with Crippen LogP contribution >= 0.6 is 0 Å². The molecule has 0 fully saturated rings. The number of benzene rings is 1. The van der Waals surface area contributed by atoms with E-state index in [0.717, 1.165) is 5.69 Å². The van der Waals surface area contributed by atoms with E-state index < -0.39 is 0 Å². The second kappa shape index (κ2) is 9.41. The summed E-state index contributed by atoms with van der Waals surface area (Å²) in [6.45, 7) is 2.14. The summed E-state index contributed by atoms with van der Waals surface area (Å²) in [6.07, 6.45) is 1.84. The third-order valence-electron chi connectivity index (χ3n) is 3.81. The maximum atomic E-state index is 12.3. The zero-order chi connectivity index (χ0) is 18.9. The van der Waals surface area contributed by atoms with Crippen LogP contribution in [0.2, 0.25) is 0 Å². The summed E-state index contributed by atoms with van der Waals surface area (Å²) in [6, 6.07) is 10.7. The van der Waals surface area contributed by atoms with Crippen molar-refractivity contribution in [3.8, 4) is 11.5 Å². The lowest BCUT2D eigenvalue weighted by Gasteiger charge is -2.20. The molecule has 138 valence electrons. The molecule has 0 atom stereocenters. The summed E-state index contributed by atoms with van der Waals surface area (Å²) < 4.78 is 10.4. The summed E-state index contributed by atoms with van der Waals surface area (Å²) in [7, 11) is 3.08. The Morgan fingerprint density at radius 3 is 2.58 bits per heavy atom. The molecular weight excluding hydrogens is 334 g/mol. The molecule has 1 aromatic carbocycles. The number of aromatic nitrogens is 1. The second-order valence-corrected chi connectivity index (χ2v) is 5.63. The van der Waals surface area contributed by atoms with Gasteiger partial charge in [0.2, 0.25) is 11.8 Å². The fourth-order valence-electron chi connectivity index (χ4n) is 2.40. The molecule has 1 N–H and O–H groups in total. The molecule has 2 aromatic rings. The molecule has 0 saturated heterocycles. The predicted molar refractivity (Wildman–Crippen MR) is 98.1 cm³/mol. The van der Waals surface area contributed by atoms with Gasteiger partial charge in [0.05, 0.1) is 32.1 Å². The van der Waals surface area contributed by atoms with Crippen molar-refractivity contribution in [2.45, 2.75) is 19.9 Å². The predicted octanol–water partition coefficient (Wildman–Crippen LogP) is 2.48. The Hall–Kier alpha value is -3.09. The molecule has 7 nitrogen and oxygen atoms in total. The minimum atomic E-state index is -0.219. The normalized spacial score (nSPS) is 10.1. The number of methoxy groups -OCH3 is 2. The molecule has 2 rings (SSSR count). The lowest BCUT2D eigenvalue weighted by atomic mass is 10.2. The molecule has 0 aliphatic heterocycles. The first-order valence-electron chi connectivity index (χ1n) is 8.20. The topological polar surface area (TPSA) is 80.8 Å². The fourth-order valence-corrected chi connectivity index (χ4v) is 2.40. The van der Waals surface area contributed by atoms with Crippen molar-refractivity contribution in [2.24, 2.45) is 0 Å². The van der Waals surface area contributed by atoms with Gasteiger partial charge in [0, 0.05) is 32.2 Å². The van der Waals surface area contributed by atoms with Crippen LogP contribution in [-0.2, 0) is 16.1 Å². The van der Waals surface area contributed by atoms with Crippen LogP contribution in [0.3, 0.4) is 0 Å². The number of rotatable bonds is 8. The highest BCUT2D eigenvalue weighted by Crippen LogP contribution is 2.28. The van der Waals surface area contributed by atoms with E-state index in [1.54, 1.807) is 36.4 Å². The number of carbonyl (C=O) groups is 2. The van der Waals surface area contributed by atoms with E-state index >= 15 is 0 Å². The summed E-state index contributed by atoms with van der Waals surface area (Å²) in [5.41, 5.74) is 1.30. The maximum absolute atomic E-state index is 12.3. The van der Waals surface area contributed by atoms with Crippen LogP contribution in [0, 0.1) is 0 Å². The van der Waals surface area contributed by atoms with Crippen LogP contribution in [-0.4, -0.2) is 42.5 Å². The minimum Gasteiger partial charge on any atom is -0.497 e. The number of ether oxygens (including phenoxy) is 2. The number of hydrogen-bond donors (Lipinski definition) is 1. The van der Waals surface area contributed by atoms with Crippen LogP contribution in [0.15, 0.2) is 42.6 Å². The van der Waals surface area contributed by atoms with Crippen molar-refractivity contribution in [2.75, 3.05) is 26.1 Å². The molecule has 0 aliphatic carbocycles. The minimum absolute atomic E-state index is 0.109. The van der Waals surface area contributed by atoms with E-state index in [9.17, 15) is 9.59 Å². The summed E-state index contributed by atoms with van der Waals surface area (Å²) in [4.78, 5) is 29.9. The Morgan fingerprint density at radius 2 is 1.96 bits per heavy atom. The second-order valence-electron chi connectivity index (χ2n) is 5.63. The SMILES string of the molecule is COc1ccc(OC)c(NC(=O)CCN(Cc2ccccn2)C(C)=O)c1.